The van der Waals surface area contributed by atoms with Gasteiger partial charge in [0.2, 0.25) is 0 Å². The average Bonchev–Trinajstić information content (AvgIpc) is 2.91. The molecule has 0 saturated carbocycles. The van der Waals surface area contributed by atoms with Gasteiger partial charge in [0.15, 0.2) is 0 Å². The zero-order valence-corrected chi connectivity index (χ0v) is 12.7. The molecule has 3 atom stereocenters. The molecule has 1 N–H and O–H groups in total. The molecular formula is C15H18ClNO4. The predicted octanol–water partition coefficient (Wildman–Crippen LogP) is 2.00. The first-order valence-electron chi connectivity index (χ1n) is 6.74. The van der Waals surface area contributed by atoms with E-state index < -0.39 is 18.0 Å². The lowest BCUT2D eigenvalue weighted by molar-refractivity contribution is -0.143. The number of hydrogen-bond acceptors (Lipinski definition) is 3. The number of aliphatic carboxylic acids is 1. The maximum atomic E-state index is 12.2. The van der Waals surface area contributed by atoms with Gasteiger partial charge in [0.1, 0.15) is 6.10 Å². The highest BCUT2D eigenvalue weighted by Gasteiger charge is 2.41. The number of likely N-dealkylation sites (tertiary alicyclic amines) is 1. The average molecular weight is 312 g/mol. The zero-order chi connectivity index (χ0) is 15.6. The van der Waals surface area contributed by atoms with Crippen molar-refractivity contribution in [2.24, 2.45) is 5.92 Å². The molecule has 1 saturated heterocycles. The van der Waals surface area contributed by atoms with Crippen LogP contribution in [-0.2, 0) is 14.3 Å². The van der Waals surface area contributed by atoms with Crippen molar-refractivity contribution in [2.45, 2.75) is 18.9 Å². The van der Waals surface area contributed by atoms with Gasteiger partial charge in [0.05, 0.1) is 5.92 Å². The van der Waals surface area contributed by atoms with Gasteiger partial charge in [-0.1, -0.05) is 23.7 Å². The Balaban J connectivity index is 2.22. The Morgan fingerprint density at radius 3 is 2.48 bits per heavy atom. The lowest BCUT2D eigenvalue weighted by Crippen LogP contribution is -2.37. The molecule has 1 fully saturated rings. The minimum atomic E-state index is -0.893. The van der Waals surface area contributed by atoms with Crippen molar-refractivity contribution in [3.63, 3.8) is 0 Å². The number of carbonyl (C=O) groups is 2. The topological polar surface area (TPSA) is 66.8 Å². The van der Waals surface area contributed by atoms with Crippen LogP contribution in [0.1, 0.15) is 18.4 Å². The maximum absolute atomic E-state index is 12.2. The summed E-state index contributed by atoms with van der Waals surface area (Å²) in [7, 11) is 1.46. The summed E-state index contributed by atoms with van der Waals surface area (Å²) < 4.78 is 5.02. The lowest BCUT2D eigenvalue weighted by atomic mass is 9.89. The second kappa shape index (κ2) is 6.45. The van der Waals surface area contributed by atoms with E-state index in [1.807, 2.05) is 12.1 Å². The fourth-order valence-corrected chi connectivity index (χ4v) is 2.77. The van der Waals surface area contributed by atoms with Crippen molar-refractivity contribution in [2.75, 3.05) is 20.2 Å². The number of nitrogens with zero attached hydrogens (tertiary/aromatic N) is 1. The van der Waals surface area contributed by atoms with Crippen LogP contribution in [0, 0.1) is 5.92 Å². The van der Waals surface area contributed by atoms with Gasteiger partial charge in [0.25, 0.3) is 5.91 Å². The van der Waals surface area contributed by atoms with Crippen molar-refractivity contribution in [1.29, 1.82) is 0 Å². The van der Waals surface area contributed by atoms with E-state index in [2.05, 4.69) is 0 Å². The number of hydrogen-bond donors (Lipinski definition) is 1. The zero-order valence-electron chi connectivity index (χ0n) is 12.0. The van der Waals surface area contributed by atoms with Crippen LogP contribution < -0.4 is 0 Å². The Hall–Kier alpha value is -1.59. The normalized spacial score (nSPS) is 23.1. The SMILES string of the molecule is COC(C)C(=O)N1C[C@@H](C(=O)O)[C@H](c2ccc(Cl)cc2)C1. The first-order valence-corrected chi connectivity index (χ1v) is 7.11. The summed E-state index contributed by atoms with van der Waals surface area (Å²) >= 11 is 5.86. The smallest absolute Gasteiger partial charge is 0.308 e. The van der Waals surface area contributed by atoms with Gasteiger partial charge in [0, 0.05) is 31.1 Å². The van der Waals surface area contributed by atoms with Crippen LogP contribution in [0.5, 0.6) is 0 Å². The standard InChI is InChI=1S/C15H18ClNO4/c1-9(21-2)14(18)17-7-12(13(8-17)15(19)20)10-3-5-11(16)6-4-10/h3-6,9,12-13H,7-8H2,1-2H3,(H,19,20)/t9?,12-,13+/m0/s1. The highest BCUT2D eigenvalue weighted by Crippen LogP contribution is 2.33. The van der Waals surface area contributed by atoms with Crippen LogP contribution in [0.2, 0.25) is 5.02 Å². The highest BCUT2D eigenvalue weighted by atomic mass is 35.5. The maximum Gasteiger partial charge on any atom is 0.308 e. The number of benzene rings is 1. The van der Waals surface area contributed by atoms with E-state index in [1.54, 1.807) is 24.0 Å². The van der Waals surface area contributed by atoms with Crippen LogP contribution in [0.25, 0.3) is 0 Å². The molecular weight excluding hydrogens is 294 g/mol. The Morgan fingerprint density at radius 2 is 1.95 bits per heavy atom. The second-order valence-electron chi connectivity index (χ2n) is 5.22. The van der Waals surface area contributed by atoms with Gasteiger partial charge in [-0.15, -0.1) is 0 Å². The molecule has 1 heterocycles. The number of carboxylic acid groups (broad SMARTS) is 1. The number of methoxy groups -OCH3 is 1. The Bertz CT molecular complexity index is 531. The van der Waals surface area contributed by atoms with Gasteiger partial charge in [-0.3, -0.25) is 9.59 Å². The molecule has 1 aliphatic heterocycles. The van der Waals surface area contributed by atoms with Gasteiger partial charge < -0.3 is 14.7 Å². The van der Waals surface area contributed by atoms with Crippen LogP contribution in [0.15, 0.2) is 24.3 Å². The molecule has 0 bridgehead atoms. The highest BCUT2D eigenvalue weighted by molar-refractivity contribution is 6.30. The third-order valence-corrected chi connectivity index (χ3v) is 4.20. The molecule has 0 aromatic heterocycles. The molecule has 0 spiro atoms. The molecule has 114 valence electrons. The van der Waals surface area contributed by atoms with Crippen LogP contribution >= 0.6 is 11.6 Å². The van der Waals surface area contributed by atoms with E-state index in [4.69, 9.17) is 16.3 Å². The van der Waals surface area contributed by atoms with Gasteiger partial charge >= 0.3 is 5.97 Å². The molecule has 5 nitrogen and oxygen atoms in total. The van der Waals surface area contributed by atoms with Gasteiger partial charge in [-0.2, -0.15) is 0 Å². The van der Waals surface area contributed by atoms with Crippen molar-refractivity contribution in [3.8, 4) is 0 Å². The molecule has 1 unspecified atom stereocenters. The summed E-state index contributed by atoms with van der Waals surface area (Å²) in [6, 6.07) is 7.10. The first-order chi connectivity index (χ1) is 9.93. The Morgan fingerprint density at radius 1 is 1.33 bits per heavy atom. The van der Waals surface area contributed by atoms with Crippen LogP contribution in [0.4, 0.5) is 0 Å². The largest absolute Gasteiger partial charge is 0.481 e. The van der Waals surface area contributed by atoms with E-state index in [-0.39, 0.29) is 18.4 Å². The number of amides is 1. The van der Waals surface area contributed by atoms with E-state index in [9.17, 15) is 14.7 Å². The van der Waals surface area contributed by atoms with Crippen LogP contribution in [0.3, 0.4) is 0 Å². The number of rotatable bonds is 4. The molecule has 0 aliphatic carbocycles. The quantitative estimate of drug-likeness (QED) is 0.923. The minimum Gasteiger partial charge on any atom is -0.481 e. The number of carboxylic acids is 1. The molecule has 1 aromatic rings. The molecule has 1 aliphatic rings. The van der Waals surface area contributed by atoms with Gasteiger partial charge in [-0.25, -0.2) is 0 Å². The van der Waals surface area contributed by atoms with Gasteiger partial charge in [-0.05, 0) is 24.6 Å². The molecule has 6 heteroatoms. The molecule has 0 radical (unpaired) electrons. The monoisotopic (exact) mass is 311 g/mol. The van der Waals surface area contributed by atoms with E-state index in [0.29, 0.717) is 11.6 Å². The van der Waals surface area contributed by atoms with Crippen molar-refractivity contribution in [3.05, 3.63) is 34.9 Å². The predicted molar refractivity (Wildman–Crippen MR) is 78.4 cm³/mol. The summed E-state index contributed by atoms with van der Waals surface area (Å²) in [4.78, 5) is 25.2. The molecule has 21 heavy (non-hydrogen) atoms. The molecule has 1 aromatic carbocycles. The fraction of sp³-hybridized carbons (Fsp3) is 0.467. The van der Waals surface area contributed by atoms with Crippen LogP contribution in [-0.4, -0.2) is 48.2 Å². The Labute approximate surface area is 128 Å². The summed E-state index contributed by atoms with van der Waals surface area (Å²) in [5.41, 5.74) is 0.882. The third kappa shape index (κ3) is 3.36. The lowest BCUT2D eigenvalue weighted by Gasteiger charge is -2.20. The third-order valence-electron chi connectivity index (χ3n) is 3.95. The summed E-state index contributed by atoms with van der Waals surface area (Å²) in [6.07, 6.45) is -0.566. The number of ether oxygens (including phenoxy) is 1. The van der Waals surface area contributed by atoms with E-state index in [0.717, 1.165) is 5.56 Å². The Kier molecular flexibility index (Phi) is 4.85. The summed E-state index contributed by atoms with van der Waals surface area (Å²) in [5.74, 6) is -1.91. The summed E-state index contributed by atoms with van der Waals surface area (Å²) in [5, 5.41) is 10.0. The molecule has 2 rings (SSSR count). The number of halogens is 1. The molecule has 1 amide bonds. The van der Waals surface area contributed by atoms with Crippen molar-refractivity contribution >= 4 is 23.5 Å². The second-order valence-corrected chi connectivity index (χ2v) is 5.66. The minimum absolute atomic E-state index is 0.180. The van der Waals surface area contributed by atoms with E-state index >= 15 is 0 Å². The van der Waals surface area contributed by atoms with Crippen molar-refractivity contribution in [1.82, 2.24) is 4.90 Å². The summed E-state index contributed by atoms with van der Waals surface area (Å²) in [6.45, 7) is 2.24. The fourth-order valence-electron chi connectivity index (χ4n) is 2.64. The van der Waals surface area contributed by atoms with Crippen molar-refractivity contribution < 1.29 is 19.4 Å². The first kappa shape index (κ1) is 15.8. The van der Waals surface area contributed by atoms with E-state index in [1.165, 1.54) is 7.11 Å². The number of carbonyl (C=O) groups excluding carboxylic acids is 1.